The van der Waals surface area contributed by atoms with E-state index in [4.69, 9.17) is 0 Å². The summed E-state index contributed by atoms with van der Waals surface area (Å²) in [7, 11) is 0. The SMILES string of the molecule is [K+].[O-]CCSCCCCCCCCCCCCC#CC1CCCC1. The molecular formula is C21H37KOS. The smallest absolute Gasteiger partial charge is 0.854 e. The van der Waals surface area contributed by atoms with E-state index < -0.39 is 0 Å². The van der Waals surface area contributed by atoms with Crippen LogP contribution in [0.4, 0.5) is 0 Å². The van der Waals surface area contributed by atoms with Gasteiger partial charge in [0.1, 0.15) is 0 Å². The molecule has 1 nitrogen and oxygen atoms in total. The first-order valence-electron chi connectivity index (χ1n) is 10.1. The van der Waals surface area contributed by atoms with Gasteiger partial charge in [0, 0.05) is 12.3 Å². The summed E-state index contributed by atoms with van der Waals surface area (Å²) in [5.41, 5.74) is 0. The van der Waals surface area contributed by atoms with Crippen LogP contribution < -0.4 is 56.5 Å². The molecule has 0 aromatic heterocycles. The van der Waals surface area contributed by atoms with E-state index in [-0.39, 0.29) is 58.0 Å². The van der Waals surface area contributed by atoms with Gasteiger partial charge >= 0.3 is 51.4 Å². The standard InChI is InChI=1S/C21H37OS.K/c22-18-20-23-19-14-10-8-6-4-2-1-3-5-7-9-11-15-21-16-12-13-17-21;/h21H,1-10,12-14,16-20H2;/q-1;+1. The molecule has 0 atom stereocenters. The Morgan fingerprint density at radius 1 is 0.750 bits per heavy atom. The number of hydrogen-bond acceptors (Lipinski definition) is 2. The summed E-state index contributed by atoms with van der Waals surface area (Å²) in [5.74, 6) is 9.58. The van der Waals surface area contributed by atoms with Crippen molar-refractivity contribution in [3.63, 3.8) is 0 Å². The fourth-order valence-electron chi connectivity index (χ4n) is 3.28. The van der Waals surface area contributed by atoms with E-state index in [1.165, 1.54) is 95.6 Å². The van der Waals surface area contributed by atoms with Crippen LogP contribution in [0.15, 0.2) is 0 Å². The molecule has 0 saturated heterocycles. The largest absolute Gasteiger partial charge is 1.00 e. The fraction of sp³-hybridized carbons (Fsp3) is 0.905. The molecule has 1 fully saturated rings. The van der Waals surface area contributed by atoms with Crippen molar-refractivity contribution in [2.24, 2.45) is 5.92 Å². The van der Waals surface area contributed by atoms with Crippen LogP contribution in [0.2, 0.25) is 0 Å². The van der Waals surface area contributed by atoms with Crippen molar-refractivity contribution in [3.05, 3.63) is 0 Å². The van der Waals surface area contributed by atoms with Crippen LogP contribution in [-0.4, -0.2) is 18.1 Å². The van der Waals surface area contributed by atoms with Crippen LogP contribution in [-0.2, 0) is 0 Å². The van der Waals surface area contributed by atoms with Crippen molar-refractivity contribution in [2.45, 2.75) is 96.3 Å². The molecule has 0 bridgehead atoms. The normalized spacial score (nSPS) is 14.2. The monoisotopic (exact) mass is 376 g/mol. The Balaban J connectivity index is 0.00000529. The van der Waals surface area contributed by atoms with Crippen molar-refractivity contribution in [2.75, 3.05) is 18.1 Å². The number of unbranched alkanes of at least 4 members (excludes halogenated alkanes) is 10. The summed E-state index contributed by atoms with van der Waals surface area (Å²) in [6.07, 6.45) is 20.4. The maximum atomic E-state index is 10.3. The maximum Gasteiger partial charge on any atom is 1.00 e. The first-order chi connectivity index (χ1) is 11.4. The van der Waals surface area contributed by atoms with Crippen molar-refractivity contribution < 1.29 is 56.5 Å². The van der Waals surface area contributed by atoms with E-state index in [1.54, 1.807) is 0 Å². The van der Waals surface area contributed by atoms with Gasteiger partial charge in [0.2, 0.25) is 0 Å². The third-order valence-corrected chi connectivity index (χ3v) is 5.76. The molecule has 134 valence electrons. The van der Waals surface area contributed by atoms with Gasteiger partial charge in [0.25, 0.3) is 0 Å². The van der Waals surface area contributed by atoms with Gasteiger partial charge in [0.05, 0.1) is 0 Å². The molecule has 0 N–H and O–H groups in total. The van der Waals surface area contributed by atoms with Crippen LogP contribution in [0.25, 0.3) is 0 Å². The molecule has 0 amide bonds. The minimum Gasteiger partial charge on any atom is -0.854 e. The maximum absolute atomic E-state index is 10.3. The zero-order valence-corrected chi connectivity index (χ0v) is 20.1. The Kier molecular flexibility index (Phi) is 22.1. The topological polar surface area (TPSA) is 23.1 Å². The molecule has 0 heterocycles. The number of hydrogen-bond donors (Lipinski definition) is 0. The first-order valence-corrected chi connectivity index (χ1v) is 11.2. The van der Waals surface area contributed by atoms with Gasteiger partial charge in [-0.2, -0.15) is 11.8 Å². The van der Waals surface area contributed by atoms with E-state index in [2.05, 4.69) is 11.8 Å². The van der Waals surface area contributed by atoms with E-state index in [0.29, 0.717) is 0 Å². The van der Waals surface area contributed by atoms with E-state index in [9.17, 15) is 5.11 Å². The van der Waals surface area contributed by atoms with E-state index >= 15 is 0 Å². The molecule has 1 saturated carbocycles. The third-order valence-electron chi connectivity index (χ3n) is 4.73. The first kappa shape index (κ1) is 25.5. The molecule has 1 aliphatic carbocycles. The van der Waals surface area contributed by atoms with Crippen LogP contribution in [0.5, 0.6) is 0 Å². The van der Waals surface area contributed by atoms with Gasteiger partial charge in [0.15, 0.2) is 0 Å². The molecule has 0 aromatic carbocycles. The minimum atomic E-state index is 0. The molecule has 0 aliphatic heterocycles. The van der Waals surface area contributed by atoms with Crippen molar-refractivity contribution >= 4 is 11.8 Å². The van der Waals surface area contributed by atoms with Crippen LogP contribution >= 0.6 is 11.8 Å². The molecule has 0 spiro atoms. The van der Waals surface area contributed by atoms with Crippen LogP contribution in [0.1, 0.15) is 96.3 Å². The summed E-state index contributed by atoms with van der Waals surface area (Å²) in [6.45, 7) is 0.0811. The summed E-state index contributed by atoms with van der Waals surface area (Å²) >= 11 is 1.82. The second kappa shape index (κ2) is 20.8. The molecular weight excluding hydrogens is 339 g/mol. The molecule has 1 rings (SSSR count). The Morgan fingerprint density at radius 2 is 1.29 bits per heavy atom. The van der Waals surface area contributed by atoms with Crippen molar-refractivity contribution in [1.82, 2.24) is 0 Å². The average Bonchev–Trinajstić information content (AvgIpc) is 3.08. The second-order valence-corrected chi connectivity index (χ2v) is 8.13. The number of thioether (sulfide) groups is 1. The predicted molar refractivity (Wildman–Crippen MR) is 103 cm³/mol. The predicted octanol–water partition coefficient (Wildman–Crippen LogP) is 2.57. The van der Waals surface area contributed by atoms with Crippen molar-refractivity contribution in [1.29, 1.82) is 0 Å². The molecule has 0 aromatic rings. The van der Waals surface area contributed by atoms with Gasteiger partial charge in [-0.1, -0.05) is 70.1 Å². The summed E-state index contributed by atoms with van der Waals surface area (Å²) in [4.78, 5) is 0. The Bertz CT molecular complexity index is 305. The van der Waals surface area contributed by atoms with Crippen LogP contribution in [0.3, 0.4) is 0 Å². The molecule has 1 aliphatic rings. The zero-order valence-electron chi connectivity index (χ0n) is 16.1. The minimum absolute atomic E-state index is 0. The molecule has 0 radical (unpaired) electrons. The Hall–Kier alpha value is 1.51. The van der Waals surface area contributed by atoms with E-state index in [1.807, 2.05) is 11.8 Å². The average molecular weight is 377 g/mol. The van der Waals surface area contributed by atoms with Crippen molar-refractivity contribution in [3.8, 4) is 11.8 Å². The Morgan fingerprint density at radius 3 is 1.88 bits per heavy atom. The third kappa shape index (κ3) is 16.9. The second-order valence-electron chi connectivity index (χ2n) is 6.90. The fourth-order valence-corrected chi connectivity index (χ4v) is 4.01. The Labute approximate surface area is 198 Å². The van der Waals surface area contributed by atoms with E-state index in [0.717, 1.165) is 18.1 Å². The van der Waals surface area contributed by atoms with Gasteiger partial charge in [-0.15, -0.1) is 12.5 Å². The van der Waals surface area contributed by atoms with Crippen LogP contribution in [0, 0.1) is 17.8 Å². The molecule has 0 unspecified atom stereocenters. The van der Waals surface area contributed by atoms with Gasteiger partial charge in [-0.3, -0.25) is 0 Å². The summed E-state index contributed by atoms with van der Waals surface area (Å²) in [6, 6.07) is 0. The van der Waals surface area contributed by atoms with Gasteiger partial charge in [-0.25, -0.2) is 0 Å². The molecule has 3 heteroatoms. The van der Waals surface area contributed by atoms with Gasteiger partial charge in [-0.05, 0) is 37.2 Å². The van der Waals surface area contributed by atoms with Gasteiger partial charge < -0.3 is 5.11 Å². The zero-order chi connectivity index (χ0) is 16.4. The number of rotatable bonds is 14. The summed E-state index contributed by atoms with van der Waals surface area (Å²) in [5, 5.41) is 10.3. The molecule has 24 heavy (non-hydrogen) atoms. The quantitative estimate of drug-likeness (QED) is 0.264. The summed E-state index contributed by atoms with van der Waals surface area (Å²) < 4.78 is 0.